The highest BCUT2D eigenvalue weighted by Gasteiger charge is 2.21. The minimum Gasteiger partial charge on any atom is -0.496 e. The lowest BCUT2D eigenvalue weighted by Gasteiger charge is -2.23. The third-order valence-corrected chi connectivity index (χ3v) is 3.71. The number of hydrogen-bond acceptors (Lipinski definition) is 3. The van der Waals surface area contributed by atoms with E-state index in [1.165, 1.54) is 12.1 Å². The smallest absolute Gasteiger partial charge is 0.124 e. The number of nitrogens with one attached hydrogen (secondary N) is 1. The van der Waals surface area contributed by atoms with Crippen LogP contribution in [0, 0.1) is 26.6 Å². The topological polar surface area (TPSA) is 47.3 Å². The molecule has 0 saturated heterocycles. The molecular weight excluding hydrogens is 267 g/mol. The zero-order valence-corrected chi connectivity index (χ0v) is 12.8. The van der Waals surface area contributed by atoms with Crippen LogP contribution < -0.4 is 16.0 Å². The Kier molecular flexibility index (Phi) is 4.60. The first kappa shape index (κ1) is 15.5. The van der Waals surface area contributed by atoms with Crippen molar-refractivity contribution in [3.8, 4) is 5.75 Å². The molecule has 2 aromatic carbocycles. The molecule has 0 radical (unpaired) electrons. The van der Waals surface area contributed by atoms with Gasteiger partial charge in [0.1, 0.15) is 11.6 Å². The highest BCUT2D eigenvalue weighted by molar-refractivity contribution is 5.49. The van der Waals surface area contributed by atoms with Gasteiger partial charge in [-0.25, -0.2) is 9.82 Å². The Balaban J connectivity index is 2.61. The molecule has 1 unspecified atom stereocenters. The molecule has 0 aromatic heterocycles. The summed E-state index contributed by atoms with van der Waals surface area (Å²) >= 11 is 0. The lowest BCUT2D eigenvalue weighted by Crippen LogP contribution is -2.30. The van der Waals surface area contributed by atoms with Crippen LogP contribution in [0.5, 0.6) is 5.75 Å². The first-order chi connectivity index (χ1) is 9.97. The average molecular weight is 288 g/mol. The molecule has 0 heterocycles. The van der Waals surface area contributed by atoms with E-state index in [1.807, 2.05) is 26.8 Å². The summed E-state index contributed by atoms with van der Waals surface area (Å²) in [6.07, 6.45) is 0. The van der Waals surface area contributed by atoms with E-state index in [0.717, 1.165) is 33.6 Å². The SMILES string of the molecule is COc1cc(C)cc(C)c1C(NN)c1ccc(F)cc1C. The predicted octanol–water partition coefficient (Wildman–Crippen LogP) is 3.31. The number of methoxy groups -OCH3 is 1. The summed E-state index contributed by atoms with van der Waals surface area (Å²) < 4.78 is 18.8. The highest BCUT2D eigenvalue weighted by atomic mass is 19.1. The molecule has 2 rings (SSSR count). The van der Waals surface area contributed by atoms with Crippen LogP contribution in [0.4, 0.5) is 4.39 Å². The summed E-state index contributed by atoms with van der Waals surface area (Å²) in [6.45, 7) is 5.92. The van der Waals surface area contributed by atoms with Crippen molar-refractivity contribution in [2.45, 2.75) is 26.8 Å². The lowest BCUT2D eigenvalue weighted by atomic mass is 9.91. The Hall–Kier alpha value is -1.91. The van der Waals surface area contributed by atoms with Crippen LogP contribution in [0.2, 0.25) is 0 Å². The van der Waals surface area contributed by atoms with Crippen molar-refractivity contribution in [3.63, 3.8) is 0 Å². The average Bonchev–Trinajstić information content (AvgIpc) is 2.42. The minimum atomic E-state index is -0.250. The Morgan fingerprint density at radius 2 is 1.81 bits per heavy atom. The van der Waals surface area contributed by atoms with Crippen LogP contribution in [0.3, 0.4) is 0 Å². The van der Waals surface area contributed by atoms with Crippen LogP contribution in [0.1, 0.15) is 33.9 Å². The third kappa shape index (κ3) is 3.06. The standard InChI is InChI=1S/C17H21FN2O/c1-10-7-12(3)16(15(8-10)21-4)17(20-19)14-6-5-13(18)9-11(14)2/h5-9,17,20H,19H2,1-4H3. The fourth-order valence-electron chi connectivity index (χ4n) is 2.77. The predicted molar refractivity (Wildman–Crippen MR) is 82.8 cm³/mol. The third-order valence-electron chi connectivity index (χ3n) is 3.71. The quantitative estimate of drug-likeness (QED) is 0.670. The largest absolute Gasteiger partial charge is 0.496 e. The van der Waals surface area contributed by atoms with Gasteiger partial charge < -0.3 is 4.74 Å². The zero-order chi connectivity index (χ0) is 15.6. The van der Waals surface area contributed by atoms with Gasteiger partial charge in [-0.15, -0.1) is 0 Å². The molecule has 0 fully saturated rings. The molecule has 3 nitrogen and oxygen atoms in total. The van der Waals surface area contributed by atoms with E-state index in [-0.39, 0.29) is 11.9 Å². The van der Waals surface area contributed by atoms with Gasteiger partial charge in [-0.3, -0.25) is 5.84 Å². The summed E-state index contributed by atoms with van der Waals surface area (Å²) in [4.78, 5) is 0. The molecule has 1 atom stereocenters. The van der Waals surface area contributed by atoms with Gasteiger partial charge in [0, 0.05) is 5.56 Å². The van der Waals surface area contributed by atoms with E-state index in [4.69, 9.17) is 10.6 Å². The van der Waals surface area contributed by atoms with E-state index >= 15 is 0 Å². The highest BCUT2D eigenvalue weighted by Crippen LogP contribution is 2.34. The number of nitrogens with two attached hydrogens (primary N) is 1. The van der Waals surface area contributed by atoms with E-state index in [0.29, 0.717) is 0 Å². The summed E-state index contributed by atoms with van der Waals surface area (Å²) in [6, 6.07) is 8.53. The number of halogens is 1. The van der Waals surface area contributed by atoms with Crippen molar-refractivity contribution in [3.05, 3.63) is 64.0 Å². The van der Waals surface area contributed by atoms with Gasteiger partial charge >= 0.3 is 0 Å². The van der Waals surface area contributed by atoms with Crippen LogP contribution in [-0.4, -0.2) is 7.11 Å². The normalized spacial score (nSPS) is 12.3. The van der Waals surface area contributed by atoms with Gasteiger partial charge in [0.05, 0.1) is 13.2 Å². The molecule has 0 saturated carbocycles. The summed E-state index contributed by atoms with van der Waals surface area (Å²) in [7, 11) is 1.64. The van der Waals surface area contributed by atoms with E-state index in [9.17, 15) is 4.39 Å². The Morgan fingerprint density at radius 1 is 1.10 bits per heavy atom. The van der Waals surface area contributed by atoms with E-state index in [1.54, 1.807) is 13.2 Å². The monoisotopic (exact) mass is 288 g/mol. The molecule has 0 aliphatic carbocycles. The number of rotatable bonds is 4. The number of aryl methyl sites for hydroxylation is 3. The molecule has 4 heteroatoms. The maximum Gasteiger partial charge on any atom is 0.124 e. The minimum absolute atomic E-state index is 0.249. The lowest BCUT2D eigenvalue weighted by molar-refractivity contribution is 0.403. The van der Waals surface area contributed by atoms with Gasteiger partial charge in [0.2, 0.25) is 0 Å². The molecule has 2 aromatic rings. The molecule has 112 valence electrons. The molecular formula is C17H21FN2O. The summed E-state index contributed by atoms with van der Waals surface area (Å²) in [5.74, 6) is 6.30. The van der Waals surface area contributed by atoms with Crippen LogP contribution in [0.25, 0.3) is 0 Å². The molecule has 0 bridgehead atoms. The maximum atomic E-state index is 13.3. The zero-order valence-electron chi connectivity index (χ0n) is 12.8. The van der Waals surface area contributed by atoms with E-state index in [2.05, 4.69) is 11.5 Å². The van der Waals surface area contributed by atoms with Gasteiger partial charge in [0.15, 0.2) is 0 Å². The van der Waals surface area contributed by atoms with Crippen LogP contribution >= 0.6 is 0 Å². The van der Waals surface area contributed by atoms with Gasteiger partial charge in [0.25, 0.3) is 0 Å². The molecule has 0 aliphatic rings. The first-order valence-electron chi connectivity index (χ1n) is 6.85. The van der Waals surface area contributed by atoms with Gasteiger partial charge in [-0.1, -0.05) is 12.1 Å². The second-order valence-electron chi connectivity index (χ2n) is 5.30. The second kappa shape index (κ2) is 6.24. The summed E-state index contributed by atoms with van der Waals surface area (Å²) in [5.41, 5.74) is 7.79. The van der Waals surface area contributed by atoms with Crippen molar-refractivity contribution in [1.82, 2.24) is 5.43 Å². The second-order valence-corrected chi connectivity index (χ2v) is 5.30. The molecule has 0 spiro atoms. The number of hydrogen-bond donors (Lipinski definition) is 2. The van der Waals surface area contributed by atoms with Crippen molar-refractivity contribution in [2.75, 3.05) is 7.11 Å². The fourth-order valence-corrected chi connectivity index (χ4v) is 2.77. The van der Waals surface area contributed by atoms with Crippen molar-refractivity contribution in [2.24, 2.45) is 5.84 Å². The molecule has 21 heavy (non-hydrogen) atoms. The summed E-state index contributed by atoms with van der Waals surface area (Å²) in [5, 5.41) is 0. The van der Waals surface area contributed by atoms with Crippen molar-refractivity contribution >= 4 is 0 Å². The van der Waals surface area contributed by atoms with Crippen LogP contribution in [0.15, 0.2) is 30.3 Å². The Morgan fingerprint density at radius 3 is 2.38 bits per heavy atom. The number of benzene rings is 2. The molecule has 0 aliphatic heterocycles. The van der Waals surface area contributed by atoms with Gasteiger partial charge in [-0.2, -0.15) is 0 Å². The Labute approximate surface area is 124 Å². The fraction of sp³-hybridized carbons (Fsp3) is 0.294. The van der Waals surface area contributed by atoms with Gasteiger partial charge in [-0.05, 0) is 61.2 Å². The van der Waals surface area contributed by atoms with Crippen LogP contribution in [-0.2, 0) is 0 Å². The maximum absolute atomic E-state index is 13.3. The van der Waals surface area contributed by atoms with Crippen molar-refractivity contribution < 1.29 is 9.13 Å². The van der Waals surface area contributed by atoms with E-state index < -0.39 is 0 Å². The van der Waals surface area contributed by atoms with Crippen molar-refractivity contribution in [1.29, 1.82) is 0 Å². The number of hydrazine groups is 1. The molecule has 3 N–H and O–H groups in total. The number of ether oxygens (including phenoxy) is 1. The first-order valence-corrected chi connectivity index (χ1v) is 6.85. The molecule has 0 amide bonds. The Bertz CT molecular complexity index is 655.